The van der Waals surface area contributed by atoms with Gasteiger partial charge in [-0.25, -0.2) is 9.18 Å². The number of halogens is 1. The largest absolute Gasteiger partial charge is 0.463 e. The summed E-state index contributed by atoms with van der Waals surface area (Å²) in [5, 5.41) is 0. The van der Waals surface area contributed by atoms with Gasteiger partial charge in [-0.1, -0.05) is 0 Å². The van der Waals surface area contributed by atoms with Crippen LogP contribution in [0.4, 0.5) is 4.39 Å². The Bertz CT molecular complexity index is 129. The van der Waals surface area contributed by atoms with Crippen molar-refractivity contribution in [3.05, 3.63) is 11.9 Å². The first-order chi connectivity index (χ1) is 4.22. The Balaban J connectivity index is 3.74. The molecule has 0 aliphatic carbocycles. The number of hydrogen-bond donors (Lipinski definition) is 0. The van der Waals surface area contributed by atoms with E-state index in [0.717, 1.165) is 0 Å². The van der Waals surface area contributed by atoms with E-state index in [1.807, 2.05) is 0 Å². The van der Waals surface area contributed by atoms with Crippen LogP contribution >= 0.6 is 0 Å². The van der Waals surface area contributed by atoms with Gasteiger partial charge in [0.2, 0.25) is 0 Å². The first kappa shape index (κ1) is 8.14. The molecule has 0 aromatic carbocycles. The lowest BCUT2D eigenvalue weighted by atomic mass is 10.4. The minimum Gasteiger partial charge on any atom is -0.463 e. The first-order valence-electron chi connectivity index (χ1n) is 2.66. The average molecular weight is 132 g/mol. The van der Waals surface area contributed by atoms with Crippen LogP contribution in [0.2, 0.25) is 0 Å². The van der Waals surface area contributed by atoms with E-state index in [2.05, 4.69) is 4.74 Å². The molecular weight excluding hydrogens is 123 g/mol. The molecule has 0 aliphatic heterocycles. The van der Waals surface area contributed by atoms with Gasteiger partial charge < -0.3 is 4.74 Å². The fourth-order valence-corrected chi connectivity index (χ4v) is 0.289. The number of carbonyl (C=O) groups is 1. The van der Waals surface area contributed by atoms with E-state index < -0.39 is 5.97 Å². The fourth-order valence-electron chi connectivity index (χ4n) is 0.289. The zero-order chi connectivity index (χ0) is 7.28. The summed E-state index contributed by atoms with van der Waals surface area (Å²) < 4.78 is 15.9. The summed E-state index contributed by atoms with van der Waals surface area (Å²) in [4.78, 5) is 10.4. The van der Waals surface area contributed by atoms with E-state index >= 15 is 0 Å². The van der Waals surface area contributed by atoms with Gasteiger partial charge in [-0.15, -0.1) is 0 Å². The van der Waals surface area contributed by atoms with E-state index in [9.17, 15) is 9.18 Å². The lowest BCUT2D eigenvalue weighted by molar-refractivity contribution is -0.138. The maximum atomic E-state index is 11.5. The van der Waals surface area contributed by atoms with Crippen LogP contribution in [-0.2, 0) is 9.53 Å². The van der Waals surface area contributed by atoms with Gasteiger partial charge >= 0.3 is 5.97 Å². The second-order valence-electron chi connectivity index (χ2n) is 1.51. The third-order valence-corrected chi connectivity index (χ3v) is 0.761. The van der Waals surface area contributed by atoms with Gasteiger partial charge in [0, 0.05) is 0 Å². The Morgan fingerprint density at radius 3 is 2.67 bits per heavy atom. The minimum atomic E-state index is -0.597. The van der Waals surface area contributed by atoms with Crippen LogP contribution in [0.1, 0.15) is 13.8 Å². The highest BCUT2D eigenvalue weighted by Crippen LogP contribution is 1.95. The zero-order valence-electron chi connectivity index (χ0n) is 5.48. The monoisotopic (exact) mass is 132 g/mol. The van der Waals surface area contributed by atoms with Crippen LogP contribution in [0, 0.1) is 0 Å². The van der Waals surface area contributed by atoms with Gasteiger partial charge in [0.05, 0.1) is 18.5 Å². The van der Waals surface area contributed by atoms with Crippen molar-refractivity contribution < 1.29 is 13.9 Å². The van der Waals surface area contributed by atoms with Crippen LogP contribution in [0.3, 0.4) is 0 Å². The van der Waals surface area contributed by atoms with Crippen molar-refractivity contribution in [3.63, 3.8) is 0 Å². The molecule has 0 radical (unpaired) electrons. The Labute approximate surface area is 53.3 Å². The molecular formula is C6H9FO2. The van der Waals surface area contributed by atoms with E-state index in [0.29, 0.717) is 0 Å². The predicted molar refractivity (Wildman–Crippen MR) is 31.5 cm³/mol. The normalized spacial score (nSPS) is 11.2. The highest BCUT2D eigenvalue weighted by molar-refractivity contribution is 5.87. The second-order valence-corrected chi connectivity index (χ2v) is 1.51. The SMILES string of the molecule is CCOC(=O)/C(C)=C\F. The van der Waals surface area contributed by atoms with Crippen molar-refractivity contribution in [2.45, 2.75) is 13.8 Å². The summed E-state index contributed by atoms with van der Waals surface area (Å²) >= 11 is 0. The third-order valence-electron chi connectivity index (χ3n) is 0.761. The van der Waals surface area contributed by atoms with Crippen LogP contribution in [0.5, 0.6) is 0 Å². The molecule has 0 bridgehead atoms. The van der Waals surface area contributed by atoms with Gasteiger partial charge in [-0.2, -0.15) is 0 Å². The molecule has 0 unspecified atom stereocenters. The Hall–Kier alpha value is -0.860. The second kappa shape index (κ2) is 4.06. The van der Waals surface area contributed by atoms with E-state index in [1.165, 1.54) is 6.92 Å². The summed E-state index contributed by atoms with van der Waals surface area (Å²) in [5.41, 5.74) is -0.00292. The molecule has 0 saturated heterocycles. The van der Waals surface area contributed by atoms with Crippen LogP contribution in [0.25, 0.3) is 0 Å². The van der Waals surface area contributed by atoms with Gasteiger partial charge in [0.15, 0.2) is 0 Å². The molecule has 0 N–H and O–H groups in total. The lowest BCUT2D eigenvalue weighted by Gasteiger charge is -1.97. The highest BCUT2D eigenvalue weighted by Gasteiger charge is 2.02. The predicted octanol–water partition coefficient (Wildman–Crippen LogP) is 1.42. The van der Waals surface area contributed by atoms with E-state index in [-0.39, 0.29) is 18.5 Å². The number of hydrogen-bond acceptors (Lipinski definition) is 2. The maximum absolute atomic E-state index is 11.5. The summed E-state index contributed by atoms with van der Waals surface area (Å²) in [6, 6.07) is 0. The highest BCUT2D eigenvalue weighted by atomic mass is 19.1. The Morgan fingerprint density at radius 1 is 1.78 bits per heavy atom. The number of esters is 1. The van der Waals surface area contributed by atoms with Gasteiger partial charge in [-0.3, -0.25) is 0 Å². The van der Waals surface area contributed by atoms with Gasteiger partial charge in [0.1, 0.15) is 0 Å². The zero-order valence-corrected chi connectivity index (χ0v) is 5.48. The van der Waals surface area contributed by atoms with Gasteiger partial charge in [0.25, 0.3) is 0 Å². The van der Waals surface area contributed by atoms with Crippen molar-refractivity contribution in [1.82, 2.24) is 0 Å². The molecule has 3 heteroatoms. The van der Waals surface area contributed by atoms with Crippen molar-refractivity contribution in [3.8, 4) is 0 Å². The fraction of sp³-hybridized carbons (Fsp3) is 0.500. The molecule has 2 nitrogen and oxygen atoms in total. The third kappa shape index (κ3) is 2.85. The summed E-state index contributed by atoms with van der Waals surface area (Å²) in [6.07, 6.45) is 0.234. The summed E-state index contributed by atoms with van der Waals surface area (Å²) in [5.74, 6) is -0.597. The maximum Gasteiger partial charge on any atom is 0.336 e. The average Bonchev–Trinajstić information content (AvgIpc) is 1.87. The molecule has 0 aromatic rings. The number of carbonyl (C=O) groups excluding carboxylic acids is 1. The van der Waals surface area contributed by atoms with Crippen molar-refractivity contribution in [2.24, 2.45) is 0 Å². The molecule has 9 heavy (non-hydrogen) atoms. The molecule has 0 atom stereocenters. The van der Waals surface area contributed by atoms with E-state index in [1.54, 1.807) is 6.92 Å². The lowest BCUT2D eigenvalue weighted by Crippen LogP contribution is -2.04. The Kier molecular flexibility index (Phi) is 3.67. The number of rotatable bonds is 2. The summed E-state index contributed by atoms with van der Waals surface area (Å²) in [6.45, 7) is 3.31. The molecule has 0 saturated carbocycles. The van der Waals surface area contributed by atoms with Crippen LogP contribution < -0.4 is 0 Å². The van der Waals surface area contributed by atoms with Crippen molar-refractivity contribution in [2.75, 3.05) is 6.61 Å². The van der Waals surface area contributed by atoms with Crippen LogP contribution in [0.15, 0.2) is 11.9 Å². The molecule has 0 aliphatic rings. The molecule has 0 heterocycles. The molecule has 0 aromatic heterocycles. The van der Waals surface area contributed by atoms with Crippen molar-refractivity contribution >= 4 is 5.97 Å². The first-order valence-corrected chi connectivity index (χ1v) is 2.66. The molecule has 52 valence electrons. The molecule has 0 spiro atoms. The summed E-state index contributed by atoms with van der Waals surface area (Å²) in [7, 11) is 0. The number of ether oxygens (including phenoxy) is 1. The van der Waals surface area contributed by atoms with Crippen molar-refractivity contribution in [1.29, 1.82) is 0 Å². The quantitative estimate of drug-likeness (QED) is 0.419. The molecule has 0 amide bonds. The van der Waals surface area contributed by atoms with Gasteiger partial charge in [-0.05, 0) is 13.8 Å². The molecule has 0 fully saturated rings. The Morgan fingerprint density at radius 2 is 2.33 bits per heavy atom. The van der Waals surface area contributed by atoms with E-state index in [4.69, 9.17) is 0 Å². The molecule has 0 rings (SSSR count). The smallest absolute Gasteiger partial charge is 0.336 e. The van der Waals surface area contributed by atoms with Crippen LogP contribution in [-0.4, -0.2) is 12.6 Å². The minimum absolute atomic E-state index is 0.00292. The standard InChI is InChI=1S/C6H9FO2/c1-3-9-6(8)5(2)4-7/h4H,3H2,1-2H3/b5-4-. The topological polar surface area (TPSA) is 26.3 Å².